The molecule has 0 saturated heterocycles. The van der Waals surface area contributed by atoms with Gasteiger partial charge in [0.2, 0.25) is 5.82 Å². The fourth-order valence-electron chi connectivity index (χ4n) is 1.86. The SMILES string of the molecule is CCOC(=O)c1sc(-c2ccnc(-c3nn[nH]n3)c2)nc1C. The molecule has 0 aliphatic carbocycles. The van der Waals surface area contributed by atoms with E-state index in [1.807, 2.05) is 6.07 Å². The molecule has 22 heavy (non-hydrogen) atoms. The van der Waals surface area contributed by atoms with Crippen molar-refractivity contribution in [2.45, 2.75) is 13.8 Å². The van der Waals surface area contributed by atoms with E-state index >= 15 is 0 Å². The molecule has 0 spiro atoms. The summed E-state index contributed by atoms with van der Waals surface area (Å²) in [6.07, 6.45) is 1.64. The number of hydrogen-bond acceptors (Lipinski definition) is 8. The van der Waals surface area contributed by atoms with Gasteiger partial charge in [-0.05, 0) is 31.2 Å². The molecule has 112 valence electrons. The molecule has 8 nitrogen and oxygen atoms in total. The number of H-pyrrole nitrogens is 1. The third kappa shape index (κ3) is 2.70. The van der Waals surface area contributed by atoms with Gasteiger partial charge in [-0.15, -0.1) is 21.5 Å². The van der Waals surface area contributed by atoms with Crippen molar-refractivity contribution in [3.8, 4) is 22.1 Å². The number of nitrogens with one attached hydrogen (secondary N) is 1. The lowest BCUT2D eigenvalue weighted by molar-refractivity contribution is 0.0531. The second-order valence-corrected chi connectivity index (χ2v) is 5.32. The quantitative estimate of drug-likeness (QED) is 0.732. The average Bonchev–Trinajstić information content (AvgIpc) is 3.17. The molecule has 0 atom stereocenters. The van der Waals surface area contributed by atoms with Crippen LogP contribution in [0, 0.1) is 6.92 Å². The Morgan fingerprint density at radius 1 is 1.45 bits per heavy atom. The van der Waals surface area contributed by atoms with Crippen molar-refractivity contribution >= 4 is 17.3 Å². The number of carbonyl (C=O) groups excluding carboxylic acids is 1. The number of ether oxygens (including phenoxy) is 1. The van der Waals surface area contributed by atoms with Crippen LogP contribution in [-0.2, 0) is 4.74 Å². The predicted octanol–water partition coefficient (Wildman–Crippen LogP) is 1.87. The number of thiazole rings is 1. The Labute approximate surface area is 129 Å². The number of rotatable bonds is 4. The van der Waals surface area contributed by atoms with Crippen molar-refractivity contribution in [3.63, 3.8) is 0 Å². The highest BCUT2D eigenvalue weighted by Gasteiger charge is 2.17. The number of aromatic amines is 1. The molecule has 0 radical (unpaired) electrons. The number of nitrogens with zero attached hydrogens (tertiary/aromatic N) is 5. The van der Waals surface area contributed by atoms with Crippen molar-refractivity contribution in [3.05, 3.63) is 28.9 Å². The van der Waals surface area contributed by atoms with Crippen LogP contribution in [0.4, 0.5) is 0 Å². The fourth-order valence-corrected chi connectivity index (χ4v) is 2.82. The molecule has 3 rings (SSSR count). The summed E-state index contributed by atoms with van der Waals surface area (Å²) in [5.74, 6) is 0.0527. The number of pyridine rings is 1. The topological polar surface area (TPSA) is 107 Å². The van der Waals surface area contributed by atoms with Crippen LogP contribution in [0.15, 0.2) is 18.3 Å². The normalized spacial score (nSPS) is 10.6. The minimum absolute atomic E-state index is 0.336. The molecule has 0 unspecified atom stereocenters. The van der Waals surface area contributed by atoms with Crippen LogP contribution < -0.4 is 0 Å². The molecular weight excluding hydrogens is 304 g/mol. The van der Waals surface area contributed by atoms with Gasteiger partial charge in [0.25, 0.3) is 0 Å². The maximum Gasteiger partial charge on any atom is 0.350 e. The fraction of sp³-hybridized carbons (Fsp3) is 0.231. The second-order valence-electron chi connectivity index (χ2n) is 4.32. The van der Waals surface area contributed by atoms with E-state index in [2.05, 4.69) is 30.6 Å². The van der Waals surface area contributed by atoms with E-state index in [0.717, 1.165) is 5.56 Å². The van der Waals surface area contributed by atoms with Gasteiger partial charge in [-0.1, -0.05) is 0 Å². The van der Waals surface area contributed by atoms with Gasteiger partial charge in [-0.2, -0.15) is 5.21 Å². The zero-order valence-corrected chi connectivity index (χ0v) is 12.7. The molecule has 3 heterocycles. The molecule has 0 aliphatic heterocycles. The van der Waals surface area contributed by atoms with Gasteiger partial charge in [0.15, 0.2) is 0 Å². The number of esters is 1. The van der Waals surface area contributed by atoms with E-state index in [9.17, 15) is 4.79 Å². The van der Waals surface area contributed by atoms with E-state index in [1.54, 1.807) is 26.1 Å². The van der Waals surface area contributed by atoms with Crippen molar-refractivity contribution in [2.75, 3.05) is 6.61 Å². The van der Waals surface area contributed by atoms with Gasteiger partial charge in [-0.3, -0.25) is 4.98 Å². The van der Waals surface area contributed by atoms with E-state index in [-0.39, 0.29) is 5.97 Å². The minimum Gasteiger partial charge on any atom is -0.462 e. The van der Waals surface area contributed by atoms with Crippen LogP contribution in [0.3, 0.4) is 0 Å². The van der Waals surface area contributed by atoms with E-state index in [4.69, 9.17) is 4.74 Å². The lowest BCUT2D eigenvalue weighted by atomic mass is 10.2. The van der Waals surface area contributed by atoms with Gasteiger partial charge in [-0.25, -0.2) is 9.78 Å². The van der Waals surface area contributed by atoms with Gasteiger partial charge in [0.05, 0.1) is 12.3 Å². The molecule has 3 aromatic rings. The second kappa shape index (κ2) is 5.98. The molecule has 0 aromatic carbocycles. The van der Waals surface area contributed by atoms with Crippen LogP contribution in [-0.4, -0.2) is 43.2 Å². The summed E-state index contributed by atoms with van der Waals surface area (Å²) in [5.41, 5.74) is 2.06. The third-order valence-corrected chi connectivity index (χ3v) is 4.03. The summed E-state index contributed by atoms with van der Waals surface area (Å²) in [6.45, 7) is 3.89. The number of hydrogen-bond donors (Lipinski definition) is 1. The van der Waals surface area contributed by atoms with Crippen molar-refractivity contribution in [1.29, 1.82) is 0 Å². The van der Waals surface area contributed by atoms with E-state index in [1.165, 1.54) is 11.3 Å². The zero-order chi connectivity index (χ0) is 15.5. The molecule has 0 amide bonds. The molecule has 3 aromatic heterocycles. The molecule has 0 fully saturated rings. The van der Waals surface area contributed by atoms with Crippen LogP contribution in [0.5, 0.6) is 0 Å². The predicted molar refractivity (Wildman–Crippen MR) is 79.2 cm³/mol. The number of aryl methyl sites for hydroxylation is 1. The van der Waals surface area contributed by atoms with Gasteiger partial charge < -0.3 is 4.74 Å². The Balaban J connectivity index is 1.97. The first-order valence-electron chi connectivity index (χ1n) is 6.54. The summed E-state index contributed by atoms with van der Waals surface area (Å²) in [5, 5.41) is 14.4. The highest BCUT2D eigenvalue weighted by molar-refractivity contribution is 7.17. The summed E-state index contributed by atoms with van der Waals surface area (Å²) < 4.78 is 5.03. The average molecular weight is 316 g/mol. The van der Waals surface area contributed by atoms with Crippen LogP contribution in [0.25, 0.3) is 22.1 Å². The molecule has 0 bridgehead atoms. The maximum atomic E-state index is 11.9. The molecular formula is C13H12N6O2S. The Morgan fingerprint density at radius 2 is 2.32 bits per heavy atom. The summed E-state index contributed by atoms with van der Waals surface area (Å²) in [4.78, 5) is 21.0. The first kappa shape index (κ1) is 14.3. The minimum atomic E-state index is -0.351. The highest BCUT2D eigenvalue weighted by atomic mass is 32.1. The standard InChI is InChI=1S/C13H12N6O2S/c1-3-21-13(20)10-7(2)15-12(22-10)8-4-5-14-9(6-8)11-16-18-19-17-11/h4-6H,3H2,1-2H3,(H,16,17,18,19). The van der Waals surface area contributed by atoms with Crippen molar-refractivity contribution in [1.82, 2.24) is 30.6 Å². The Hall–Kier alpha value is -2.68. The van der Waals surface area contributed by atoms with Crippen LogP contribution >= 0.6 is 11.3 Å². The Bertz CT molecular complexity index is 799. The largest absolute Gasteiger partial charge is 0.462 e. The first-order chi connectivity index (χ1) is 10.7. The van der Waals surface area contributed by atoms with Crippen LogP contribution in [0.2, 0.25) is 0 Å². The van der Waals surface area contributed by atoms with Gasteiger partial charge >= 0.3 is 5.97 Å². The van der Waals surface area contributed by atoms with Crippen molar-refractivity contribution < 1.29 is 9.53 Å². The van der Waals surface area contributed by atoms with Crippen LogP contribution in [0.1, 0.15) is 22.3 Å². The number of carbonyl (C=O) groups is 1. The monoisotopic (exact) mass is 316 g/mol. The lowest BCUT2D eigenvalue weighted by Crippen LogP contribution is -2.03. The molecule has 0 aliphatic rings. The third-order valence-electron chi connectivity index (χ3n) is 2.84. The zero-order valence-electron chi connectivity index (χ0n) is 11.9. The maximum absolute atomic E-state index is 11.9. The number of aromatic nitrogens is 6. The molecule has 9 heteroatoms. The summed E-state index contributed by atoms with van der Waals surface area (Å²) in [6, 6.07) is 3.62. The molecule has 1 N–H and O–H groups in total. The smallest absolute Gasteiger partial charge is 0.350 e. The summed E-state index contributed by atoms with van der Waals surface area (Å²) in [7, 11) is 0. The first-order valence-corrected chi connectivity index (χ1v) is 7.35. The highest BCUT2D eigenvalue weighted by Crippen LogP contribution is 2.29. The lowest BCUT2D eigenvalue weighted by Gasteiger charge is -1.98. The number of tetrazole rings is 1. The summed E-state index contributed by atoms with van der Waals surface area (Å²) >= 11 is 1.29. The van der Waals surface area contributed by atoms with E-state index < -0.39 is 0 Å². The Kier molecular flexibility index (Phi) is 3.88. The van der Waals surface area contributed by atoms with E-state index in [0.29, 0.717) is 33.7 Å². The van der Waals surface area contributed by atoms with Crippen molar-refractivity contribution in [2.24, 2.45) is 0 Å². The van der Waals surface area contributed by atoms with Gasteiger partial charge in [0.1, 0.15) is 15.6 Å². The van der Waals surface area contributed by atoms with Gasteiger partial charge in [0, 0.05) is 11.8 Å². The Morgan fingerprint density at radius 3 is 3.05 bits per heavy atom. The molecule has 0 saturated carbocycles.